The zero-order valence-corrected chi connectivity index (χ0v) is 22.4. The van der Waals surface area contributed by atoms with Gasteiger partial charge in [-0.15, -0.1) is 0 Å². The predicted octanol–water partition coefficient (Wildman–Crippen LogP) is 0.281. The maximum atomic E-state index is 15.3. The second kappa shape index (κ2) is 9.53. The third-order valence-corrected chi connectivity index (χ3v) is 8.16. The van der Waals surface area contributed by atoms with Gasteiger partial charge >= 0.3 is 0 Å². The molecule has 3 aliphatic carbocycles. The van der Waals surface area contributed by atoms with Gasteiger partial charge in [-0.25, -0.2) is 8.78 Å². The van der Waals surface area contributed by atoms with Crippen molar-refractivity contribution in [2.45, 2.75) is 51.8 Å². The Hall–Kier alpha value is -3.09. The number of primary amides is 1. The molecule has 3 aliphatic rings. The van der Waals surface area contributed by atoms with E-state index >= 15 is 8.78 Å². The molecule has 2 fully saturated rings. The summed E-state index contributed by atoms with van der Waals surface area (Å²) in [5.74, 6) is -15.5. The van der Waals surface area contributed by atoms with E-state index < -0.39 is 98.4 Å². The minimum absolute atomic E-state index is 0.219. The summed E-state index contributed by atoms with van der Waals surface area (Å²) in [4.78, 5) is 67.2. The van der Waals surface area contributed by atoms with Crippen LogP contribution >= 0.6 is 0 Å². The first kappa shape index (κ1) is 28.9. The lowest BCUT2D eigenvalue weighted by Crippen LogP contribution is -2.74. The molecule has 0 aromatic heterocycles. The van der Waals surface area contributed by atoms with Crippen LogP contribution < -0.4 is 11.1 Å². The van der Waals surface area contributed by atoms with Gasteiger partial charge < -0.3 is 21.3 Å². The number of halogens is 2. The Balaban J connectivity index is 1.81. The highest BCUT2D eigenvalue weighted by Crippen LogP contribution is 2.51. The van der Waals surface area contributed by atoms with Gasteiger partial charge in [-0.3, -0.25) is 28.9 Å². The number of nitrogens with two attached hydrogens (primary N) is 1. The van der Waals surface area contributed by atoms with E-state index in [9.17, 15) is 34.2 Å². The zero-order valence-electron chi connectivity index (χ0n) is 22.4. The number of carbonyl (C=O) groups is 5. The molecule has 212 valence electrons. The Kier molecular flexibility index (Phi) is 7.06. The highest BCUT2D eigenvalue weighted by Gasteiger charge is 2.69. The third kappa shape index (κ3) is 4.29. The van der Waals surface area contributed by atoms with Gasteiger partial charge in [0.25, 0.3) is 0 Å². The number of likely N-dealkylation sites (N-methyl/N-ethyl adjacent to an activating group) is 1. The lowest BCUT2D eigenvalue weighted by Gasteiger charge is -2.52. The number of hydrogen-bond donors (Lipinski definition) is 4. The van der Waals surface area contributed by atoms with Crippen molar-refractivity contribution in [3.8, 4) is 5.75 Å². The van der Waals surface area contributed by atoms with Crippen molar-refractivity contribution in [3.63, 3.8) is 0 Å². The molecule has 0 saturated heterocycles. The topological polar surface area (TPSA) is 167 Å². The van der Waals surface area contributed by atoms with Gasteiger partial charge in [0.05, 0.1) is 17.5 Å². The first-order valence-corrected chi connectivity index (χ1v) is 12.7. The number of Topliss-reactive ketones (excluding diaryl/α,β-unsaturated/α-hetero) is 4. The minimum Gasteiger partial charge on any atom is -0.507 e. The Morgan fingerprint density at radius 3 is 2.28 bits per heavy atom. The van der Waals surface area contributed by atoms with Gasteiger partial charge in [-0.05, 0) is 38.3 Å². The molecule has 4 rings (SSSR count). The summed E-state index contributed by atoms with van der Waals surface area (Å²) >= 11 is 0. The Morgan fingerprint density at radius 2 is 1.74 bits per heavy atom. The number of ketones is 4. The van der Waals surface area contributed by atoms with Crippen molar-refractivity contribution >= 4 is 29.0 Å². The summed E-state index contributed by atoms with van der Waals surface area (Å²) in [7, 11) is 2.91. The number of carbonyl (C=O) groups excluding carboxylic acids is 5. The van der Waals surface area contributed by atoms with Crippen molar-refractivity contribution in [2.24, 2.45) is 34.8 Å². The number of nitrogens with one attached hydrogen (secondary N) is 1. The molecule has 1 amide bonds. The lowest BCUT2D eigenvalue weighted by atomic mass is 9.52. The molecule has 0 aliphatic heterocycles. The van der Waals surface area contributed by atoms with Gasteiger partial charge in [0.15, 0.2) is 46.3 Å². The van der Waals surface area contributed by atoms with E-state index in [2.05, 4.69) is 5.32 Å². The zero-order chi connectivity index (χ0) is 29.4. The average molecular weight is 550 g/mol. The van der Waals surface area contributed by atoms with Crippen LogP contribution in [0.5, 0.6) is 5.75 Å². The van der Waals surface area contributed by atoms with Crippen molar-refractivity contribution in [3.05, 3.63) is 28.3 Å². The van der Waals surface area contributed by atoms with E-state index in [0.717, 1.165) is 0 Å². The lowest BCUT2D eigenvalue weighted by molar-refractivity contribution is -0.181. The third-order valence-electron chi connectivity index (χ3n) is 8.16. The number of benzene rings is 1. The summed E-state index contributed by atoms with van der Waals surface area (Å²) in [6.45, 7) is 5.80. The predicted molar refractivity (Wildman–Crippen MR) is 132 cm³/mol. The highest BCUT2D eigenvalue weighted by atomic mass is 19.2. The van der Waals surface area contributed by atoms with E-state index in [0.29, 0.717) is 6.54 Å². The molecule has 12 heteroatoms. The smallest absolute Gasteiger partial charge is 0.235 e. The summed E-state index contributed by atoms with van der Waals surface area (Å²) in [6, 6.07) is -1.28. The second-order valence-electron chi connectivity index (χ2n) is 12.3. The summed E-state index contributed by atoms with van der Waals surface area (Å²) < 4.78 is 30.4. The molecule has 0 bridgehead atoms. The number of phenolic OH excluding ortho intramolecular Hbond substituents is 1. The SMILES string of the molecule is CN(C)[C@@H]1C(=O)C(C(N)=O)C(=O)[C@@]2(O)C(=O)C3C(=O)c4c(O)c(CNCC(C)(C)C)c(F)c(F)c4C[C@H]3C[C@@H]12. The molecule has 1 aromatic carbocycles. The molecule has 5 N–H and O–H groups in total. The number of amides is 1. The standard InChI is InChI=1S/C27H33F2N3O7/c1-26(2,3)9-31-8-12-18(29)17(28)11-6-10-7-13-19(32(4)5)22(35)16(25(30)38)24(37)27(13,39)23(36)14(10)21(34)15(11)20(12)33/h10,13-14,16,19,31,33,39H,6-9H2,1-5H3,(H2,30,38)/t10-,13-,14?,16?,19-,27-/m0/s1. The van der Waals surface area contributed by atoms with E-state index in [1.165, 1.54) is 19.0 Å². The number of fused-ring (bicyclic) bond motifs is 3. The Morgan fingerprint density at radius 1 is 1.13 bits per heavy atom. The monoisotopic (exact) mass is 549 g/mol. The Labute approximate surface area is 223 Å². The van der Waals surface area contributed by atoms with Crippen molar-refractivity contribution < 1.29 is 43.0 Å². The first-order chi connectivity index (χ1) is 17.9. The van der Waals surface area contributed by atoms with E-state index in [-0.39, 0.29) is 24.8 Å². The molecule has 0 radical (unpaired) electrons. The molecule has 2 saturated carbocycles. The van der Waals surface area contributed by atoms with Crippen LogP contribution in [-0.4, -0.2) is 76.4 Å². The molecular formula is C27H33F2N3O7. The fourth-order valence-corrected chi connectivity index (χ4v) is 6.44. The first-order valence-electron chi connectivity index (χ1n) is 12.7. The van der Waals surface area contributed by atoms with Crippen LogP contribution in [0.25, 0.3) is 0 Å². The van der Waals surface area contributed by atoms with Crippen LogP contribution in [-0.2, 0) is 32.1 Å². The largest absolute Gasteiger partial charge is 0.507 e. The summed E-state index contributed by atoms with van der Waals surface area (Å²) in [5.41, 5.74) is 0.720. The van der Waals surface area contributed by atoms with Crippen LogP contribution in [0.1, 0.15) is 48.7 Å². The highest BCUT2D eigenvalue weighted by molar-refractivity contribution is 6.32. The maximum Gasteiger partial charge on any atom is 0.235 e. The molecule has 1 aromatic rings. The number of aliphatic hydroxyl groups is 1. The number of nitrogens with zero attached hydrogens (tertiary/aromatic N) is 1. The van der Waals surface area contributed by atoms with Crippen molar-refractivity contribution in [2.75, 3.05) is 20.6 Å². The number of hydrogen-bond acceptors (Lipinski definition) is 9. The molecule has 10 nitrogen and oxygen atoms in total. The molecular weight excluding hydrogens is 516 g/mol. The normalized spacial score (nSPS) is 30.7. The number of phenols is 1. The van der Waals surface area contributed by atoms with E-state index in [1.807, 2.05) is 20.8 Å². The average Bonchev–Trinajstić information content (AvgIpc) is 2.80. The summed E-state index contributed by atoms with van der Waals surface area (Å²) in [6.07, 6.45) is -0.599. The van der Waals surface area contributed by atoms with Crippen molar-refractivity contribution in [1.29, 1.82) is 0 Å². The van der Waals surface area contributed by atoms with Crippen LogP contribution in [0.3, 0.4) is 0 Å². The molecule has 2 unspecified atom stereocenters. The van der Waals surface area contributed by atoms with Crippen LogP contribution in [0, 0.1) is 40.7 Å². The molecule has 6 atom stereocenters. The fraction of sp³-hybridized carbons (Fsp3) is 0.593. The molecule has 39 heavy (non-hydrogen) atoms. The fourth-order valence-electron chi connectivity index (χ4n) is 6.44. The molecule has 0 spiro atoms. The van der Waals surface area contributed by atoms with E-state index in [4.69, 9.17) is 5.73 Å². The number of rotatable bonds is 5. The minimum atomic E-state index is -2.89. The number of aromatic hydroxyl groups is 1. The van der Waals surface area contributed by atoms with Gasteiger partial charge in [0.2, 0.25) is 5.91 Å². The quantitative estimate of drug-likeness (QED) is 0.377. The van der Waals surface area contributed by atoms with Crippen molar-refractivity contribution in [1.82, 2.24) is 10.2 Å². The Bertz CT molecular complexity index is 1310. The summed E-state index contributed by atoms with van der Waals surface area (Å²) in [5, 5.41) is 25.4. The van der Waals surface area contributed by atoms with Crippen LogP contribution in [0.2, 0.25) is 0 Å². The second-order valence-corrected chi connectivity index (χ2v) is 12.3. The van der Waals surface area contributed by atoms with Gasteiger partial charge in [0.1, 0.15) is 5.75 Å². The van der Waals surface area contributed by atoms with Crippen LogP contribution in [0.4, 0.5) is 8.78 Å². The van der Waals surface area contributed by atoms with Crippen LogP contribution in [0.15, 0.2) is 0 Å². The van der Waals surface area contributed by atoms with Gasteiger partial charge in [0, 0.05) is 30.1 Å². The van der Waals surface area contributed by atoms with E-state index in [1.54, 1.807) is 0 Å². The van der Waals surface area contributed by atoms with Gasteiger partial charge in [-0.2, -0.15) is 0 Å². The van der Waals surface area contributed by atoms with Gasteiger partial charge in [-0.1, -0.05) is 20.8 Å². The maximum absolute atomic E-state index is 15.3. The molecule has 0 heterocycles.